The minimum absolute atomic E-state index is 0.0163. The number of alkyl carbamates (subject to hydrolysis) is 2. The fraction of sp³-hybridized carbons (Fsp3) is 0.839. The molecule has 7 atom stereocenters. The molecule has 44 heavy (non-hydrogen) atoms. The fourth-order valence-corrected chi connectivity index (χ4v) is 5.78. The number of unbranched alkanes of at least 4 members (excludes halogenated alkanes) is 3. The summed E-state index contributed by atoms with van der Waals surface area (Å²) in [5, 5.41) is 19.1. The molecular weight excluding hydrogens is 575 g/mol. The lowest BCUT2D eigenvalue weighted by atomic mass is 9.68. The average Bonchev–Trinajstić information content (AvgIpc) is 3.75. The second-order valence-electron chi connectivity index (χ2n) is 12.6. The summed E-state index contributed by atoms with van der Waals surface area (Å²) in [5.74, 6) is -0.693. The van der Waals surface area contributed by atoms with Gasteiger partial charge in [0.25, 0.3) is 0 Å². The van der Waals surface area contributed by atoms with E-state index in [-0.39, 0.29) is 42.4 Å². The normalized spacial score (nSPS) is 24.6. The second kappa shape index (κ2) is 19.1. The molecule has 2 aliphatic rings. The maximum absolute atomic E-state index is 13.0. The molecule has 5 N–H and O–H groups in total. The Morgan fingerprint density at radius 1 is 1.07 bits per heavy atom. The third-order valence-electron chi connectivity index (χ3n) is 8.59. The third kappa shape index (κ3) is 12.5. The molecule has 3 amide bonds. The standard InChI is InChI=1S/C31H55FN4O8/c1-20(2)11-12-24(37)22(5)27-28(41-6)25(13-14-31(27)19-43-31)44-30(40)36-23(21(3)4)18-42-29(39)34-16-10-8-7-9-15-33-26(38)17-35-32/h11,21-25,27-28,35,37H,7-10,12-19H2,1-6H3,(H,33,38)(H,34,39)(H,36,40). The fourth-order valence-electron chi connectivity index (χ4n) is 5.78. The van der Waals surface area contributed by atoms with Crippen LogP contribution in [0.1, 0.15) is 79.6 Å². The van der Waals surface area contributed by atoms with Crippen molar-refractivity contribution in [3.63, 3.8) is 0 Å². The summed E-state index contributed by atoms with van der Waals surface area (Å²) in [4.78, 5) is 36.4. The Morgan fingerprint density at radius 2 is 1.73 bits per heavy atom. The number of nitrogens with one attached hydrogen (secondary N) is 4. The number of hydrogen-bond donors (Lipinski definition) is 5. The lowest BCUT2D eigenvalue weighted by Gasteiger charge is -2.44. The lowest BCUT2D eigenvalue weighted by molar-refractivity contribution is -0.127. The zero-order valence-corrected chi connectivity index (χ0v) is 27.3. The van der Waals surface area contributed by atoms with Gasteiger partial charge in [0.05, 0.1) is 24.4 Å². The molecule has 1 heterocycles. The molecule has 0 aromatic carbocycles. The highest BCUT2D eigenvalue weighted by Gasteiger charge is 2.61. The number of ether oxygens (including phenoxy) is 4. The van der Waals surface area contributed by atoms with Gasteiger partial charge in [-0.2, -0.15) is 0 Å². The van der Waals surface area contributed by atoms with Crippen LogP contribution in [-0.4, -0.2) is 93.1 Å². The van der Waals surface area contributed by atoms with Gasteiger partial charge >= 0.3 is 12.2 Å². The van der Waals surface area contributed by atoms with Crippen molar-refractivity contribution in [2.24, 2.45) is 17.8 Å². The van der Waals surface area contributed by atoms with E-state index in [4.69, 9.17) is 18.9 Å². The Hall–Kier alpha value is -2.48. The quantitative estimate of drug-likeness (QED) is 0.0623. The molecule has 0 aromatic heterocycles. The summed E-state index contributed by atoms with van der Waals surface area (Å²) < 4.78 is 34.9. The lowest BCUT2D eigenvalue weighted by Crippen LogP contribution is -2.55. The number of halogens is 1. The van der Waals surface area contributed by atoms with Crippen LogP contribution < -0.4 is 21.5 Å². The molecule has 254 valence electrons. The monoisotopic (exact) mass is 630 g/mol. The van der Waals surface area contributed by atoms with E-state index in [1.165, 1.54) is 5.54 Å². The van der Waals surface area contributed by atoms with Gasteiger partial charge in [0.1, 0.15) is 25.4 Å². The Kier molecular flexibility index (Phi) is 16.4. The van der Waals surface area contributed by atoms with Crippen molar-refractivity contribution in [2.45, 2.75) is 110 Å². The smallest absolute Gasteiger partial charge is 0.407 e. The largest absolute Gasteiger partial charge is 0.447 e. The number of carbonyl (C=O) groups excluding carboxylic acids is 3. The first-order valence-electron chi connectivity index (χ1n) is 15.9. The van der Waals surface area contributed by atoms with Crippen LogP contribution in [-0.2, 0) is 23.7 Å². The van der Waals surface area contributed by atoms with Gasteiger partial charge in [-0.25, -0.2) is 9.59 Å². The minimum Gasteiger partial charge on any atom is -0.447 e. The first-order chi connectivity index (χ1) is 20.9. The van der Waals surface area contributed by atoms with Crippen molar-refractivity contribution in [3.05, 3.63) is 11.6 Å². The molecule has 2 fully saturated rings. The second-order valence-corrected chi connectivity index (χ2v) is 12.6. The highest BCUT2D eigenvalue weighted by Crippen LogP contribution is 2.51. The van der Waals surface area contributed by atoms with Crippen LogP contribution >= 0.6 is 0 Å². The van der Waals surface area contributed by atoms with Crippen LogP contribution in [0.3, 0.4) is 0 Å². The molecule has 1 saturated heterocycles. The van der Waals surface area contributed by atoms with Crippen molar-refractivity contribution < 1.29 is 42.9 Å². The minimum atomic E-state index is -0.610. The number of methoxy groups -OCH3 is 1. The Labute approximate surface area is 261 Å². The highest BCUT2D eigenvalue weighted by atomic mass is 19.2. The predicted molar refractivity (Wildman–Crippen MR) is 163 cm³/mol. The Balaban J connectivity index is 1.78. The number of amides is 3. The van der Waals surface area contributed by atoms with Crippen molar-refractivity contribution in [2.75, 3.05) is 40.0 Å². The van der Waals surface area contributed by atoms with Gasteiger partial charge in [0.2, 0.25) is 5.91 Å². The number of aliphatic hydroxyl groups excluding tert-OH is 1. The molecule has 0 bridgehead atoms. The van der Waals surface area contributed by atoms with Crippen LogP contribution in [0.25, 0.3) is 0 Å². The summed E-state index contributed by atoms with van der Waals surface area (Å²) in [5.41, 5.74) is 2.08. The molecule has 13 heteroatoms. The third-order valence-corrected chi connectivity index (χ3v) is 8.59. The predicted octanol–water partition coefficient (Wildman–Crippen LogP) is 3.53. The number of hydrogen-bond acceptors (Lipinski definition) is 9. The molecule has 1 aliphatic heterocycles. The summed E-state index contributed by atoms with van der Waals surface area (Å²) in [6.45, 7) is 11.0. The van der Waals surface area contributed by atoms with Gasteiger partial charge in [-0.3, -0.25) is 4.79 Å². The Morgan fingerprint density at radius 3 is 2.30 bits per heavy atom. The topological polar surface area (TPSA) is 160 Å². The van der Waals surface area contributed by atoms with E-state index in [1.807, 2.05) is 40.7 Å². The number of aliphatic hydroxyl groups is 1. The Bertz CT molecular complexity index is 928. The van der Waals surface area contributed by atoms with Gasteiger partial charge < -0.3 is 40.0 Å². The SMILES string of the molecule is COC1C(OC(=O)NC(COC(=O)NCCCCCCNC(=O)CNF)C(C)C)CCC2(CO2)C1C(C)C(O)CC=C(C)C. The highest BCUT2D eigenvalue weighted by molar-refractivity contribution is 5.77. The van der Waals surface area contributed by atoms with Crippen LogP contribution in [0.15, 0.2) is 11.6 Å². The molecule has 7 unspecified atom stereocenters. The maximum Gasteiger partial charge on any atom is 0.407 e. The molecule has 0 radical (unpaired) electrons. The van der Waals surface area contributed by atoms with Crippen molar-refractivity contribution >= 4 is 18.1 Å². The van der Waals surface area contributed by atoms with Gasteiger partial charge in [-0.1, -0.05) is 45.3 Å². The van der Waals surface area contributed by atoms with E-state index >= 15 is 0 Å². The van der Waals surface area contributed by atoms with Crippen molar-refractivity contribution in [3.8, 4) is 0 Å². The van der Waals surface area contributed by atoms with Crippen molar-refractivity contribution in [1.29, 1.82) is 0 Å². The molecule has 12 nitrogen and oxygen atoms in total. The van der Waals surface area contributed by atoms with Crippen LogP contribution in [0.5, 0.6) is 0 Å². The number of rotatable bonds is 19. The average molecular weight is 631 g/mol. The van der Waals surface area contributed by atoms with E-state index in [9.17, 15) is 24.0 Å². The first kappa shape index (κ1) is 37.7. The summed E-state index contributed by atoms with van der Waals surface area (Å²) in [6.07, 6.45) is 4.34. The molecule has 2 rings (SSSR count). The van der Waals surface area contributed by atoms with E-state index in [0.717, 1.165) is 31.3 Å². The summed E-state index contributed by atoms with van der Waals surface area (Å²) in [6, 6.07) is -0.459. The zero-order chi connectivity index (χ0) is 32.7. The van der Waals surface area contributed by atoms with Gasteiger partial charge in [0, 0.05) is 26.1 Å². The molecule has 1 aliphatic carbocycles. The number of carbonyl (C=O) groups is 3. The van der Waals surface area contributed by atoms with E-state index in [1.54, 1.807) is 7.11 Å². The van der Waals surface area contributed by atoms with Crippen LogP contribution in [0.2, 0.25) is 0 Å². The van der Waals surface area contributed by atoms with Crippen molar-refractivity contribution in [1.82, 2.24) is 21.5 Å². The molecule has 1 spiro atoms. The number of epoxide rings is 1. The van der Waals surface area contributed by atoms with Crippen LogP contribution in [0.4, 0.5) is 14.1 Å². The van der Waals surface area contributed by atoms with Crippen LogP contribution in [0, 0.1) is 17.8 Å². The van der Waals surface area contributed by atoms with E-state index in [0.29, 0.717) is 39.0 Å². The van der Waals surface area contributed by atoms with E-state index in [2.05, 4.69) is 16.0 Å². The number of allylic oxidation sites excluding steroid dienone is 1. The van der Waals surface area contributed by atoms with Gasteiger partial charge in [0.15, 0.2) is 0 Å². The summed E-state index contributed by atoms with van der Waals surface area (Å²) in [7, 11) is 1.60. The first-order valence-corrected chi connectivity index (χ1v) is 15.9. The van der Waals surface area contributed by atoms with E-state index < -0.39 is 36.5 Å². The molecular formula is C31H55FN4O8. The zero-order valence-electron chi connectivity index (χ0n) is 27.3. The molecule has 1 saturated carbocycles. The summed E-state index contributed by atoms with van der Waals surface area (Å²) >= 11 is 0. The maximum atomic E-state index is 13.0. The van der Waals surface area contributed by atoms with Gasteiger partial charge in [-0.05, 0) is 57.8 Å². The molecule has 0 aromatic rings. The van der Waals surface area contributed by atoms with Gasteiger partial charge in [-0.15, -0.1) is 10.0 Å².